The van der Waals surface area contributed by atoms with Crippen molar-refractivity contribution in [3.63, 3.8) is 0 Å². The van der Waals surface area contributed by atoms with Gasteiger partial charge in [0.05, 0.1) is 23.6 Å². The van der Waals surface area contributed by atoms with Crippen molar-refractivity contribution in [2.24, 2.45) is 0 Å². The largest absolute Gasteiger partial charge is 0.488 e. The van der Waals surface area contributed by atoms with Crippen LogP contribution in [0.4, 0.5) is 4.39 Å². The average molecular weight is 402 g/mol. The zero-order valence-corrected chi connectivity index (χ0v) is 14.3. The van der Waals surface area contributed by atoms with Crippen LogP contribution >= 0.6 is 27.5 Å². The maximum Gasteiger partial charge on any atom is 0.160 e. The Hall–Kier alpha value is -1.77. The van der Waals surface area contributed by atoms with Crippen molar-refractivity contribution in [3.05, 3.63) is 52.0 Å². The number of methoxy groups -OCH3 is 1. The van der Waals surface area contributed by atoms with Crippen LogP contribution in [-0.4, -0.2) is 33.3 Å². The Morgan fingerprint density at radius 1 is 1.35 bits per heavy atom. The van der Waals surface area contributed by atoms with Gasteiger partial charge in [-0.3, -0.25) is 0 Å². The van der Waals surface area contributed by atoms with E-state index in [1.165, 1.54) is 13.3 Å². The first-order valence-electron chi connectivity index (χ1n) is 6.54. The molecule has 9 heteroatoms. The van der Waals surface area contributed by atoms with Crippen LogP contribution in [0.1, 0.15) is 11.9 Å². The lowest BCUT2D eigenvalue weighted by Gasteiger charge is -2.15. The molecule has 0 fully saturated rings. The Balaban J connectivity index is 1.84. The second-order valence-electron chi connectivity index (χ2n) is 4.60. The molecule has 0 amide bonds. The van der Waals surface area contributed by atoms with Crippen molar-refractivity contribution in [3.8, 4) is 5.75 Å². The summed E-state index contributed by atoms with van der Waals surface area (Å²) in [4.78, 5) is 7.81. The molecule has 6 nitrogen and oxygen atoms in total. The topological polar surface area (TPSA) is 61.5 Å². The maximum absolute atomic E-state index is 12.9. The maximum atomic E-state index is 12.9. The third kappa shape index (κ3) is 3.44. The first kappa shape index (κ1) is 16.1. The third-order valence-corrected chi connectivity index (χ3v) is 3.81. The van der Waals surface area contributed by atoms with Gasteiger partial charge in [-0.2, -0.15) is 5.10 Å². The predicted molar refractivity (Wildman–Crippen MR) is 85.1 cm³/mol. The smallest absolute Gasteiger partial charge is 0.160 e. The summed E-state index contributed by atoms with van der Waals surface area (Å²) in [6.45, 7) is 0.135. The molecule has 0 spiro atoms. The van der Waals surface area contributed by atoms with E-state index in [9.17, 15) is 4.39 Å². The van der Waals surface area contributed by atoms with E-state index in [4.69, 9.17) is 21.1 Å². The van der Waals surface area contributed by atoms with E-state index in [0.717, 1.165) is 16.9 Å². The molecule has 0 saturated carbocycles. The van der Waals surface area contributed by atoms with Gasteiger partial charge in [-0.15, -0.1) is 0 Å². The molecule has 0 aromatic carbocycles. The van der Waals surface area contributed by atoms with E-state index in [2.05, 4.69) is 31.0 Å². The Morgan fingerprint density at radius 3 is 2.78 bits per heavy atom. The molecule has 1 unspecified atom stereocenters. The van der Waals surface area contributed by atoms with E-state index in [0.29, 0.717) is 22.1 Å². The molecule has 0 N–H and O–H groups in total. The van der Waals surface area contributed by atoms with Gasteiger partial charge in [-0.1, -0.05) is 11.6 Å². The highest BCUT2D eigenvalue weighted by atomic mass is 79.9. The van der Waals surface area contributed by atoms with Crippen molar-refractivity contribution >= 4 is 33.0 Å². The summed E-state index contributed by atoms with van der Waals surface area (Å²) in [6.07, 6.45) is 4.92. The van der Waals surface area contributed by atoms with E-state index in [-0.39, 0.29) is 6.61 Å². The molecule has 1 atom stereocenters. The fourth-order valence-corrected chi connectivity index (χ4v) is 2.65. The summed E-state index contributed by atoms with van der Waals surface area (Å²) in [6, 6.07) is 1.78. The van der Waals surface area contributed by atoms with Gasteiger partial charge in [0, 0.05) is 17.8 Å². The van der Waals surface area contributed by atoms with Crippen molar-refractivity contribution in [1.29, 1.82) is 0 Å². The van der Waals surface area contributed by atoms with E-state index in [1.807, 2.05) is 0 Å². The Bertz CT molecular complexity index is 828. The Kier molecular flexibility index (Phi) is 4.74. The van der Waals surface area contributed by atoms with Crippen LogP contribution in [0.2, 0.25) is 5.02 Å². The predicted octanol–water partition coefficient (Wildman–Crippen LogP) is 3.45. The lowest BCUT2D eigenvalue weighted by molar-refractivity contribution is 0.0515. The van der Waals surface area contributed by atoms with E-state index >= 15 is 0 Å². The molecule has 0 radical (unpaired) electrons. The Morgan fingerprint density at radius 2 is 2.09 bits per heavy atom. The molecule has 0 aliphatic heterocycles. The zero-order valence-electron chi connectivity index (χ0n) is 11.9. The number of pyridine rings is 1. The molecular weight excluding hydrogens is 391 g/mol. The van der Waals surface area contributed by atoms with Crippen molar-refractivity contribution in [2.45, 2.75) is 6.10 Å². The van der Waals surface area contributed by atoms with Gasteiger partial charge >= 0.3 is 0 Å². The Labute approximate surface area is 144 Å². The first-order valence-corrected chi connectivity index (χ1v) is 7.71. The van der Waals surface area contributed by atoms with Crippen LogP contribution in [0.25, 0.3) is 5.52 Å². The molecule has 120 valence electrons. The monoisotopic (exact) mass is 400 g/mol. The lowest BCUT2D eigenvalue weighted by atomic mass is 10.3. The number of nitrogens with zero attached hydrogens (tertiary/aromatic N) is 4. The van der Waals surface area contributed by atoms with Crippen molar-refractivity contribution < 1.29 is 13.9 Å². The van der Waals surface area contributed by atoms with Gasteiger partial charge < -0.3 is 9.47 Å². The summed E-state index contributed by atoms with van der Waals surface area (Å²) in [5.74, 6) is 0.356. The molecule has 0 bridgehead atoms. The number of hydrogen-bond acceptors (Lipinski definition) is 5. The zero-order chi connectivity index (χ0) is 16.4. The molecule has 0 aliphatic carbocycles. The molecule has 23 heavy (non-hydrogen) atoms. The number of rotatable bonds is 5. The standard InChI is InChI=1S/C14H11BrClFN4O2/c1-22-12(14-18-3-9(17)4-19-14)7-23-11-2-8(15)6-21-13(11)10(16)5-20-21/h2-6,12H,7H2,1H3. The molecule has 3 aromatic rings. The van der Waals surface area contributed by atoms with Gasteiger partial charge in [-0.25, -0.2) is 18.9 Å². The van der Waals surface area contributed by atoms with Crippen LogP contribution in [0, 0.1) is 5.82 Å². The molecule has 3 heterocycles. The average Bonchev–Trinajstić information content (AvgIpc) is 2.90. The summed E-state index contributed by atoms with van der Waals surface area (Å²) in [7, 11) is 1.50. The molecule has 3 rings (SSSR count). The fourth-order valence-electron chi connectivity index (χ4n) is 2.03. The minimum Gasteiger partial charge on any atom is -0.488 e. The highest BCUT2D eigenvalue weighted by Gasteiger charge is 2.17. The van der Waals surface area contributed by atoms with Crippen LogP contribution in [0.15, 0.2) is 35.3 Å². The fraction of sp³-hybridized carbons (Fsp3) is 0.214. The second-order valence-corrected chi connectivity index (χ2v) is 5.93. The second kappa shape index (κ2) is 6.77. The summed E-state index contributed by atoms with van der Waals surface area (Å²) >= 11 is 9.53. The summed E-state index contributed by atoms with van der Waals surface area (Å²) in [5.41, 5.74) is 0.643. The van der Waals surface area contributed by atoms with Gasteiger partial charge in [0.15, 0.2) is 17.7 Å². The molecule has 3 aromatic heterocycles. The van der Waals surface area contributed by atoms with Gasteiger partial charge in [-0.05, 0) is 22.0 Å². The van der Waals surface area contributed by atoms with Crippen molar-refractivity contribution in [2.75, 3.05) is 13.7 Å². The number of ether oxygens (including phenoxy) is 2. The van der Waals surface area contributed by atoms with Crippen molar-refractivity contribution in [1.82, 2.24) is 19.6 Å². The first-order chi connectivity index (χ1) is 11.1. The number of aromatic nitrogens is 4. The minimum absolute atomic E-state index is 0.135. The highest BCUT2D eigenvalue weighted by Crippen LogP contribution is 2.30. The molecule has 0 saturated heterocycles. The quantitative estimate of drug-likeness (QED) is 0.655. The van der Waals surface area contributed by atoms with Gasteiger partial charge in [0.2, 0.25) is 0 Å². The molecular formula is C14H11BrClFN4O2. The lowest BCUT2D eigenvalue weighted by Crippen LogP contribution is -2.15. The van der Waals surface area contributed by atoms with Crippen LogP contribution < -0.4 is 4.74 Å². The van der Waals surface area contributed by atoms with E-state index in [1.54, 1.807) is 16.8 Å². The molecule has 0 aliphatic rings. The van der Waals surface area contributed by atoms with Gasteiger partial charge in [0.1, 0.15) is 17.9 Å². The summed E-state index contributed by atoms with van der Waals surface area (Å²) in [5, 5.41) is 4.60. The normalized spacial score (nSPS) is 12.5. The summed E-state index contributed by atoms with van der Waals surface area (Å²) < 4.78 is 26.4. The van der Waals surface area contributed by atoms with Crippen LogP contribution in [0.3, 0.4) is 0 Å². The SMILES string of the molecule is COC(COc1cc(Br)cn2ncc(Cl)c12)c1ncc(F)cn1. The third-order valence-electron chi connectivity index (χ3n) is 3.10. The van der Waals surface area contributed by atoms with Crippen LogP contribution in [-0.2, 0) is 4.74 Å². The van der Waals surface area contributed by atoms with E-state index < -0.39 is 11.9 Å². The van der Waals surface area contributed by atoms with Gasteiger partial charge in [0.25, 0.3) is 0 Å². The number of fused-ring (bicyclic) bond motifs is 1. The highest BCUT2D eigenvalue weighted by molar-refractivity contribution is 9.10. The number of halogens is 3. The minimum atomic E-state index is -0.545. The number of hydrogen-bond donors (Lipinski definition) is 0. The van der Waals surface area contributed by atoms with Crippen LogP contribution in [0.5, 0.6) is 5.75 Å².